The number of quaternary nitrogens is 1. The van der Waals surface area contributed by atoms with Crippen LogP contribution < -0.4 is 17.7 Å². The molecule has 1 nitrogen and oxygen atoms in total. The van der Waals surface area contributed by atoms with Crippen molar-refractivity contribution in [3.8, 4) is 0 Å². The number of allylic oxidation sites excluding steroid dienone is 2. The van der Waals surface area contributed by atoms with E-state index in [1.54, 1.807) is 0 Å². The fourth-order valence-electron chi connectivity index (χ4n) is 1.76. The first-order chi connectivity index (χ1) is 6.85. The third-order valence-electron chi connectivity index (χ3n) is 2.61. The molecule has 0 aromatic carbocycles. The SMILES string of the molecule is C=CCC(CC=C)CCCCC[NH2+]C.[Cl-]. The first-order valence-electron chi connectivity index (χ1n) is 5.84. The van der Waals surface area contributed by atoms with E-state index in [0.717, 1.165) is 18.8 Å². The summed E-state index contributed by atoms with van der Waals surface area (Å²) in [6.45, 7) is 8.87. The molecule has 0 heterocycles. The highest BCUT2D eigenvalue weighted by atomic mass is 35.5. The molecule has 0 radical (unpaired) electrons. The van der Waals surface area contributed by atoms with Gasteiger partial charge in [0.05, 0.1) is 13.6 Å². The standard InChI is InChI=1S/C13H25N.ClH/c1-4-9-13(10-5-2)11-7-6-8-12-14-3;/h4-5,13-14H,1-2,6-12H2,3H3;1H. The minimum absolute atomic E-state index is 0. The van der Waals surface area contributed by atoms with Crippen molar-refractivity contribution in [2.75, 3.05) is 13.6 Å². The average Bonchev–Trinajstić information content (AvgIpc) is 2.18. The summed E-state index contributed by atoms with van der Waals surface area (Å²) in [7, 11) is 2.14. The molecule has 0 aromatic heterocycles. The minimum atomic E-state index is 0. The Bertz CT molecular complexity index is 135. The highest BCUT2D eigenvalue weighted by Crippen LogP contribution is 2.17. The Hall–Kier alpha value is -0.270. The van der Waals surface area contributed by atoms with Crippen LogP contribution in [0, 0.1) is 5.92 Å². The zero-order valence-electron chi connectivity index (χ0n) is 10.1. The summed E-state index contributed by atoms with van der Waals surface area (Å²) in [5, 5.41) is 2.25. The van der Waals surface area contributed by atoms with E-state index in [9.17, 15) is 0 Å². The van der Waals surface area contributed by atoms with Gasteiger partial charge in [0.2, 0.25) is 0 Å². The maximum atomic E-state index is 3.80. The Kier molecular flexibility index (Phi) is 15.7. The average molecular weight is 232 g/mol. The number of nitrogens with two attached hydrogens (primary N) is 1. The maximum absolute atomic E-state index is 3.80. The van der Waals surface area contributed by atoms with Gasteiger partial charge in [-0.2, -0.15) is 0 Å². The lowest BCUT2D eigenvalue weighted by Crippen LogP contribution is -3.00. The van der Waals surface area contributed by atoms with Gasteiger partial charge in [-0.15, -0.1) is 13.2 Å². The van der Waals surface area contributed by atoms with Crippen LogP contribution in [-0.2, 0) is 0 Å². The molecule has 0 aromatic rings. The van der Waals surface area contributed by atoms with Crippen LogP contribution in [0.1, 0.15) is 38.5 Å². The van der Waals surface area contributed by atoms with Gasteiger partial charge in [0.1, 0.15) is 0 Å². The van der Waals surface area contributed by atoms with Gasteiger partial charge in [-0.05, 0) is 38.0 Å². The Balaban J connectivity index is 0. The second kappa shape index (κ2) is 13.7. The van der Waals surface area contributed by atoms with Gasteiger partial charge in [0.15, 0.2) is 0 Å². The van der Waals surface area contributed by atoms with Crippen LogP contribution in [0.4, 0.5) is 0 Å². The largest absolute Gasteiger partial charge is 1.00 e. The van der Waals surface area contributed by atoms with E-state index in [0.29, 0.717) is 0 Å². The van der Waals surface area contributed by atoms with Gasteiger partial charge in [0.25, 0.3) is 0 Å². The molecule has 0 aliphatic heterocycles. The molecule has 0 atom stereocenters. The van der Waals surface area contributed by atoms with Crippen molar-refractivity contribution in [3.63, 3.8) is 0 Å². The van der Waals surface area contributed by atoms with E-state index < -0.39 is 0 Å². The van der Waals surface area contributed by atoms with Crippen LogP contribution in [0.25, 0.3) is 0 Å². The third kappa shape index (κ3) is 11.7. The van der Waals surface area contributed by atoms with E-state index >= 15 is 0 Å². The predicted molar refractivity (Wildman–Crippen MR) is 64.3 cm³/mol. The Labute approximate surface area is 101 Å². The zero-order chi connectivity index (χ0) is 10.6. The Morgan fingerprint density at radius 1 is 1.07 bits per heavy atom. The fourth-order valence-corrected chi connectivity index (χ4v) is 1.76. The van der Waals surface area contributed by atoms with Crippen LogP contribution in [-0.4, -0.2) is 13.6 Å². The Morgan fingerprint density at radius 2 is 1.67 bits per heavy atom. The normalized spacial score (nSPS) is 9.73. The van der Waals surface area contributed by atoms with Crippen LogP contribution in [0.15, 0.2) is 25.3 Å². The van der Waals surface area contributed by atoms with Crippen molar-refractivity contribution >= 4 is 0 Å². The smallest absolute Gasteiger partial charge is 0.0753 e. The van der Waals surface area contributed by atoms with Gasteiger partial charge in [-0.1, -0.05) is 18.6 Å². The molecule has 0 aliphatic carbocycles. The highest BCUT2D eigenvalue weighted by Gasteiger charge is 2.03. The molecule has 0 bridgehead atoms. The minimum Gasteiger partial charge on any atom is -1.00 e. The van der Waals surface area contributed by atoms with Crippen molar-refractivity contribution < 1.29 is 17.7 Å². The van der Waals surface area contributed by atoms with Gasteiger partial charge >= 0.3 is 0 Å². The molecule has 2 N–H and O–H groups in total. The van der Waals surface area contributed by atoms with Crippen LogP contribution in [0.5, 0.6) is 0 Å². The molecule has 0 spiro atoms. The summed E-state index contributed by atoms with van der Waals surface area (Å²) in [6.07, 6.45) is 11.8. The third-order valence-corrected chi connectivity index (χ3v) is 2.61. The lowest BCUT2D eigenvalue weighted by atomic mass is 9.94. The second-order valence-electron chi connectivity index (χ2n) is 3.96. The van der Waals surface area contributed by atoms with Crippen molar-refractivity contribution in [2.45, 2.75) is 38.5 Å². The summed E-state index contributed by atoms with van der Waals surface area (Å²) < 4.78 is 0. The fraction of sp³-hybridized carbons (Fsp3) is 0.692. The summed E-state index contributed by atoms with van der Waals surface area (Å²) >= 11 is 0. The lowest BCUT2D eigenvalue weighted by Gasteiger charge is -2.11. The van der Waals surface area contributed by atoms with E-state index in [1.807, 2.05) is 12.2 Å². The molecule has 15 heavy (non-hydrogen) atoms. The van der Waals surface area contributed by atoms with Gasteiger partial charge < -0.3 is 17.7 Å². The zero-order valence-corrected chi connectivity index (χ0v) is 10.8. The molecule has 0 amide bonds. The molecule has 0 unspecified atom stereocenters. The molecule has 90 valence electrons. The molecule has 0 rings (SSSR count). The van der Waals surface area contributed by atoms with Crippen LogP contribution in [0.3, 0.4) is 0 Å². The first-order valence-corrected chi connectivity index (χ1v) is 5.84. The molecule has 0 saturated carbocycles. The van der Waals surface area contributed by atoms with Crippen molar-refractivity contribution in [2.24, 2.45) is 5.92 Å². The molecule has 0 saturated heterocycles. The topological polar surface area (TPSA) is 16.6 Å². The molecular formula is C13H26ClN. The molecule has 0 fully saturated rings. The van der Waals surface area contributed by atoms with E-state index in [2.05, 4.69) is 25.5 Å². The summed E-state index contributed by atoms with van der Waals surface area (Å²) in [5.41, 5.74) is 0. The summed E-state index contributed by atoms with van der Waals surface area (Å²) in [5.74, 6) is 0.788. The molecule has 0 aliphatic rings. The Morgan fingerprint density at radius 3 is 2.13 bits per heavy atom. The quantitative estimate of drug-likeness (QED) is 0.386. The first kappa shape index (κ1) is 17.1. The van der Waals surface area contributed by atoms with E-state index in [4.69, 9.17) is 0 Å². The van der Waals surface area contributed by atoms with E-state index in [1.165, 1.54) is 32.2 Å². The van der Waals surface area contributed by atoms with Crippen LogP contribution >= 0.6 is 0 Å². The van der Waals surface area contributed by atoms with Gasteiger partial charge in [-0.3, -0.25) is 0 Å². The number of hydrogen-bond acceptors (Lipinski definition) is 0. The van der Waals surface area contributed by atoms with Crippen molar-refractivity contribution in [1.82, 2.24) is 0 Å². The number of halogens is 1. The number of rotatable bonds is 10. The van der Waals surface area contributed by atoms with Gasteiger partial charge in [0, 0.05) is 0 Å². The van der Waals surface area contributed by atoms with Gasteiger partial charge in [-0.25, -0.2) is 0 Å². The van der Waals surface area contributed by atoms with Crippen LogP contribution in [0.2, 0.25) is 0 Å². The molecular weight excluding hydrogens is 206 g/mol. The summed E-state index contributed by atoms with van der Waals surface area (Å²) in [6, 6.07) is 0. The second-order valence-corrected chi connectivity index (χ2v) is 3.96. The van der Waals surface area contributed by atoms with E-state index in [-0.39, 0.29) is 12.4 Å². The predicted octanol–water partition coefficient (Wildman–Crippen LogP) is -0.488. The highest BCUT2D eigenvalue weighted by molar-refractivity contribution is 4.79. The van der Waals surface area contributed by atoms with Crippen molar-refractivity contribution in [1.29, 1.82) is 0 Å². The van der Waals surface area contributed by atoms with Crippen molar-refractivity contribution in [3.05, 3.63) is 25.3 Å². The monoisotopic (exact) mass is 231 g/mol. The lowest BCUT2D eigenvalue weighted by molar-refractivity contribution is -0.627. The summed E-state index contributed by atoms with van der Waals surface area (Å²) in [4.78, 5) is 0. The molecule has 2 heteroatoms. The number of unbranched alkanes of at least 4 members (excludes halogenated alkanes) is 2. The number of hydrogen-bond donors (Lipinski definition) is 1. The maximum Gasteiger partial charge on any atom is 0.0753 e.